The van der Waals surface area contributed by atoms with E-state index in [2.05, 4.69) is 10.4 Å². The fourth-order valence-electron chi connectivity index (χ4n) is 1.69. The van der Waals surface area contributed by atoms with Crippen molar-refractivity contribution in [2.45, 2.75) is 13.8 Å². The van der Waals surface area contributed by atoms with Gasteiger partial charge in [-0.05, 0) is 26.0 Å². The number of aromatic nitrogens is 2. The Hall–Kier alpha value is -2.04. The van der Waals surface area contributed by atoms with Crippen molar-refractivity contribution in [1.29, 1.82) is 0 Å². The Morgan fingerprint density at radius 1 is 1.35 bits per heavy atom. The molecule has 4 nitrogen and oxygen atoms in total. The fraction of sp³-hybridized carbons (Fsp3) is 0.250. The zero-order valence-corrected chi connectivity index (χ0v) is 10.1. The summed E-state index contributed by atoms with van der Waals surface area (Å²) in [5.41, 5.74) is 8.49. The lowest BCUT2D eigenvalue weighted by atomic mass is 10.2. The van der Waals surface area contributed by atoms with Crippen LogP contribution in [0.1, 0.15) is 11.3 Å². The van der Waals surface area contributed by atoms with E-state index < -0.39 is 0 Å². The highest BCUT2D eigenvalue weighted by Crippen LogP contribution is 2.27. The van der Waals surface area contributed by atoms with Crippen LogP contribution in [0.15, 0.2) is 18.2 Å². The number of benzene rings is 1. The summed E-state index contributed by atoms with van der Waals surface area (Å²) in [6.07, 6.45) is 0. The molecular weight excluding hydrogens is 219 g/mol. The standard InChI is InChI=1S/C12H15FN4/c1-7-9(13)5-4-6-10(7)15-12-11(14)8(2)16-17(12)3/h4-6,15H,14H2,1-3H3. The molecule has 1 heterocycles. The van der Waals surface area contributed by atoms with Crippen molar-refractivity contribution in [3.8, 4) is 0 Å². The second-order valence-electron chi connectivity index (χ2n) is 4.01. The van der Waals surface area contributed by atoms with Crippen LogP contribution >= 0.6 is 0 Å². The predicted molar refractivity (Wildman–Crippen MR) is 66.8 cm³/mol. The zero-order chi connectivity index (χ0) is 12.6. The van der Waals surface area contributed by atoms with E-state index in [0.29, 0.717) is 22.8 Å². The average molecular weight is 234 g/mol. The molecule has 1 aromatic carbocycles. The van der Waals surface area contributed by atoms with E-state index in [4.69, 9.17) is 5.73 Å². The Kier molecular flexibility index (Phi) is 2.75. The highest BCUT2D eigenvalue weighted by atomic mass is 19.1. The summed E-state index contributed by atoms with van der Waals surface area (Å²) in [6.45, 7) is 3.55. The van der Waals surface area contributed by atoms with Gasteiger partial charge in [-0.25, -0.2) is 4.39 Å². The number of halogens is 1. The second-order valence-corrected chi connectivity index (χ2v) is 4.01. The zero-order valence-electron chi connectivity index (χ0n) is 10.1. The molecule has 0 saturated heterocycles. The van der Waals surface area contributed by atoms with Crippen LogP contribution in [0.4, 0.5) is 21.6 Å². The van der Waals surface area contributed by atoms with Gasteiger partial charge in [-0.2, -0.15) is 5.10 Å². The molecule has 0 aliphatic rings. The van der Waals surface area contributed by atoms with Gasteiger partial charge >= 0.3 is 0 Å². The summed E-state index contributed by atoms with van der Waals surface area (Å²) in [7, 11) is 1.79. The van der Waals surface area contributed by atoms with Crippen molar-refractivity contribution in [3.63, 3.8) is 0 Å². The molecule has 3 N–H and O–H groups in total. The normalized spacial score (nSPS) is 10.6. The number of nitrogen functional groups attached to an aromatic ring is 1. The van der Waals surface area contributed by atoms with Gasteiger partial charge in [0.05, 0.1) is 11.4 Å². The number of nitrogens with two attached hydrogens (primary N) is 1. The molecule has 0 saturated carbocycles. The minimum atomic E-state index is -0.243. The predicted octanol–water partition coefficient (Wildman–Crippen LogP) is 2.50. The van der Waals surface area contributed by atoms with E-state index in [1.54, 1.807) is 30.8 Å². The SMILES string of the molecule is Cc1nn(C)c(Nc2cccc(F)c2C)c1N. The van der Waals surface area contributed by atoms with E-state index in [1.807, 2.05) is 6.92 Å². The lowest BCUT2D eigenvalue weighted by Crippen LogP contribution is -2.03. The second kappa shape index (κ2) is 4.08. The molecule has 0 unspecified atom stereocenters. The van der Waals surface area contributed by atoms with Gasteiger partial charge in [0.2, 0.25) is 0 Å². The van der Waals surface area contributed by atoms with Gasteiger partial charge < -0.3 is 11.1 Å². The maximum absolute atomic E-state index is 13.4. The van der Waals surface area contributed by atoms with E-state index in [1.165, 1.54) is 6.07 Å². The number of aryl methyl sites for hydroxylation is 2. The number of nitrogens with zero attached hydrogens (tertiary/aromatic N) is 2. The molecule has 0 atom stereocenters. The van der Waals surface area contributed by atoms with Crippen molar-refractivity contribution in [2.24, 2.45) is 7.05 Å². The number of hydrogen-bond acceptors (Lipinski definition) is 3. The Bertz CT molecular complexity index is 560. The van der Waals surface area contributed by atoms with Crippen LogP contribution in [0.25, 0.3) is 0 Å². The smallest absolute Gasteiger partial charge is 0.152 e. The highest BCUT2D eigenvalue weighted by Gasteiger charge is 2.11. The van der Waals surface area contributed by atoms with E-state index >= 15 is 0 Å². The summed E-state index contributed by atoms with van der Waals surface area (Å²) in [5, 5.41) is 7.30. The van der Waals surface area contributed by atoms with Crippen molar-refractivity contribution < 1.29 is 4.39 Å². The average Bonchev–Trinajstić information content (AvgIpc) is 2.51. The third-order valence-corrected chi connectivity index (χ3v) is 2.79. The van der Waals surface area contributed by atoms with Crippen molar-refractivity contribution >= 4 is 17.2 Å². The minimum absolute atomic E-state index is 0.243. The molecule has 2 aromatic rings. The summed E-state index contributed by atoms with van der Waals surface area (Å²) in [5.74, 6) is 0.434. The van der Waals surface area contributed by atoms with Crippen LogP contribution in [-0.4, -0.2) is 9.78 Å². The molecule has 0 amide bonds. The number of rotatable bonds is 2. The van der Waals surface area contributed by atoms with Crippen LogP contribution in [0.3, 0.4) is 0 Å². The number of hydrogen-bond donors (Lipinski definition) is 2. The minimum Gasteiger partial charge on any atom is -0.394 e. The summed E-state index contributed by atoms with van der Waals surface area (Å²) in [4.78, 5) is 0. The largest absolute Gasteiger partial charge is 0.394 e. The Morgan fingerprint density at radius 2 is 2.06 bits per heavy atom. The fourth-order valence-corrected chi connectivity index (χ4v) is 1.69. The van der Waals surface area contributed by atoms with E-state index in [9.17, 15) is 4.39 Å². The molecule has 0 radical (unpaired) electrons. The maximum atomic E-state index is 13.4. The van der Waals surface area contributed by atoms with Crippen LogP contribution in [0, 0.1) is 19.7 Å². The number of anilines is 3. The molecule has 0 bridgehead atoms. The first kappa shape index (κ1) is 11.4. The molecule has 0 aliphatic carbocycles. The van der Waals surface area contributed by atoms with Gasteiger partial charge in [-0.3, -0.25) is 4.68 Å². The Labute approximate surface area is 99.2 Å². The quantitative estimate of drug-likeness (QED) is 0.839. The van der Waals surface area contributed by atoms with Crippen molar-refractivity contribution in [2.75, 3.05) is 11.1 Å². The van der Waals surface area contributed by atoms with Gasteiger partial charge in [0.25, 0.3) is 0 Å². The highest BCUT2D eigenvalue weighted by molar-refractivity contribution is 5.72. The first-order chi connectivity index (χ1) is 8.00. The molecule has 90 valence electrons. The lowest BCUT2D eigenvalue weighted by molar-refractivity contribution is 0.619. The maximum Gasteiger partial charge on any atom is 0.152 e. The lowest BCUT2D eigenvalue weighted by Gasteiger charge is -2.10. The topological polar surface area (TPSA) is 55.9 Å². The molecule has 2 rings (SSSR count). The van der Waals surface area contributed by atoms with Crippen LogP contribution in [0.2, 0.25) is 0 Å². The molecule has 5 heteroatoms. The van der Waals surface area contributed by atoms with Gasteiger partial charge in [0.15, 0.2) is 5.82 Å². The Morgan fingerprint density at radius 3 is 2.65 bits per heavy atom. The van der Waals surface area contributed by atoms with Crippen LogP contribution < -0.4 is 11.1 Å². The molecule has 17 heavy (non-hydrogen) atoms. The molecular formula is C12H15FN4. The summed E-state index contributed by atoms with van der Waals surface area (Å²) >= 11 is 0. The van der Waals surface area contributed by atoms with Crippen molar-refractivity contribution in [1.82, 2.24) is 9.78 Å². The molecule has 0 aliphatic heterocycles. The molecule has 1 aromatic heterocycles. The Balaban J connectivity index is 2.41. The van der Waals surface area contributed by atoms with Gasteiger partial charge in [-0.1, -0.05) is 6.07 Å². The van der Waals surface area contributed by atoms with Gasteiger partial charge in [0, 0.05) is 18.3 Å². The van der Waals surface area contributed by atoms with Crippen LogP contribution in [-0.2, 0) is 7.05 Å². The first-order valence-corrected chi connectivity index (χ1v) is 5.32. The van der Waals surface area contributed by atoms with E-state index in [0.717, 1.165) is 5.69 Å². The summed E-state index contributed by atoms with van der Waals surface area (Å²) in [6, 6.07) is 4.89. The third kappa shape index (κ3) is 1.95. The van der Waals surface area contributed by atoms with Gasteiger partial charge in [0.1, 0.15) is 5.82 Å². The summed E-state index contributed by atoms with van der Waals surface area (Å²) < 4.78 is 15.0. The molecule has 0 spiro atoms. The number of nitrogens with one attached hydrogen (secondary N) is 1. The molecule has 0 fully saturated rings. The van der Waals surface area contributed by atoms with E-state index in [-0.39, 0.29) is 5.82 Å². The third-order valence-electron chi connectivity index (χ3n) is 2.79. The monoisotopic (exact) mass is 234 g/mol. The first-order valence-electron chi connectivity index (χ1n) is 5.32. The van der Waals surface area contributed by atoms with Crippen LogP contribution in [0.5, 0.6) is 0 Å². The van der Waals surface area contributed by atoms with Crippen molar-refractivity contribution in [3.05, 3.63) is 35.3 Å². The van der Waals surface area contributed by atoms with Gasteiger partial charge in [-0.15, -0.1) is 0 Å².